The van der Waals surface area contributed by atoms with E-state index in [9.17, 15) is 13.6 Å². The van der Waals surface area contributed by atoms with Crippen LogP contribution in [0.5, 0.6) is 0 Å². The zero-order valence-electron chi connectivity index (χ0n) is 13.9. The lowest BCUT2D eigenvalue weighted by atomic mass is 9.81. The van der Waals surface area contributed by atoms with Gasteiger partial charge in [0.1, 0.15) is 11.6 Å². The molecular formula is C20H17F2N3O. The van der Waals surface area contributed by atoms with E-state index in [1.165, 1.54) is 12.1 Å². The number of nitrogens with one attached hydrogen (secondary N) is 2. The average molecular weight is 353 g/mol. The van der Waals surface area contributed by atoms with Crippen LogP contribution in [0.25, 0.3) is 6.08 Å². The van der Waals surface area contributed by atoms with Crippen molar-refractivity contribution in [3.8, 4) is 0 Å². The molecule has 2 aliphatic rings. The van der Waals surface area contributed by atoms with Crippen LogP contribution in [0.4, 0.5) is 13.6 Å². The Bertz CT molecular complexity index is 923. The Morgan fingerprint density at radius 2 is 1.77 bits per heavy atom. The molecule has 0 bridgehead atoms. The maximum atomic E-state index is 14.3. The smallest absolute Gasteiger partial charge is 0.329 e. The molecule has 2 heterocycles. The quantitative estimate of drug-likeness (QED) is 0.869. The van der Waals surface area contributed by atoms with Gasteiger partial charge in [0, 0.05) is 30.1 Å². The molecule has 132 valence electrons. The number of urea groups is 1. The average Bonchev–Trinajstić information content (AvgIpc) is 2.64. The summed E-state index contributed by atoms with van der Waals surface area (Å²) in [7, 11) is 0. The third kappa shape index (κ3) is 3.04. The second-order valence-corrected chi connectivity index (χ2v) is 6.37. The molecule has 1 saturated heterocycles. The number of carbonyl (C=O) groups excluding carboxylic acids is 1. The van der Waals surface area contributed by atoms with Crippen molar-refractivity contribution in [1.29, 1.82) is 0 Å². The number of carbonyl (C=O) groups is 1. The summed E-state index contributed by atoms with van der Waals surface area (Å²) in [6.07, 6.45) is 1.70. The molecular weight excluding hydrogens is 336 g/mol. The van der Waals surface area contributed by atoms with Crippen LogP contribution < -0.4 is 10.6 Å². The molecule has 2 N–H and O–H groups in total. The third-order valence-electron chi connectivity index (χ3n) is 4.74. The molecule has 0 aliphatic carbocycles. The van der Waals surface area contributed by atoms with Crippen LogP contribution in [0.2, 0.25) is 0 Å². The van der Waals surface area contributed by atoms with E-state index in [4.69, 9.17) is 0 Å². The molecule has 26 heavy (non-hydrogen) atoms. The Labute approximate surface area is 149 Å². The highest BCUT2D eigenvalue weighted by atomic mass is 19.1. The third-order valence-corrected chi connectivity index (χ3v) is 4.74. The fourth-order valence-corrected chi connectivity index (χ4v) is 3.52. The highest BCUT2D eigenvalue weighted by Gasteiger charge is 2.38. The number of nitrogens with zero attached hydrogens (tertiary/aromatic N) is 1. The molecule has 0 radical (unpaired) electrons. The molecule has 2 aromatic carbocycles. The molecule has 2 atom stereocenters. The normalized spacial score (nSPS) is 24.0. The molecule has 4 nitrogen and oxygen atoms in total. The van der Waals surface area contributed by atoms with Crippen LogP contribution in [0, 0.1) is 17.6 Å². The number of hydrogen-bond acceptors (Lipinski definition) is 2. The molecule has 2 aliphatic heterocycles. The van der Waals surface area contributed by atoms with Crippen molar-refractivity contribution in [3.05, 3.63) is 76.9 Å². The van der Waals surface area contributed by atoms with Gasteiger partial charge in [-0.1, -0.05) is 36.4 Å². The van der Waals surface area contributed by atoms with Gasteiger partial charge in [0.25, 0.3) is 0 Å². The number of aliphatic imine (C=N–C) groups is 1. The van der Waals surface area contributed by atoms with Crippen molar-refractivity contribution in [2.45, 2.75) is 6.04 Å². The van der Waals surface area contributed by atoms with Crippen molar-refractivity contribution in [1.82, 2.24) is 10.6 Å². The van der Waals surface area contributed by atoms with E-state index in [0.717, 1.165) is 5.57 Å². The molecule has 1 fully saturated rings. The summed E-state index contributed by atoms with van der Waals surface area (Å²) in [5, 5.41) is 6.02. The first-order chi connectivity index (χ1) is 12.6. The van der Waals surface area contributed by atoms with Crippen LogP contribution in [-0.2, 0) is 0 Å². The van der Waals surface area contributed by atoms with E-state index < -0.39 is 12.1 Å². The first-order valence-electron chi connectivity index (χ1n) is 8.43. The van der Waals surface area contributed by atoms with Crippen LogP contribution in [0.1, 0.15) is 17.2 Å². The minimum Gasteiger partial charge on any atom is -0.329 e. The SMILES string of the molecule is O=C1N=C2/C(=C/c3ccccc3F)CNCC2C(c2ccccc2F)N1. The molecule has 2 unspecified atom stereocenters. The summed E-state index contributed by atoms with van der Waals surface area (Å²) < 4.78 is 28.3. The lowest BCUT2D eigenvalue weighted by Gasteiger charge is -2.37. The summed E-state index contributed by atoms with van der Waals surface area (Å²) in [5.74, 6) is -0.936. The van der Waals surface area contributed by atoms with E-state index >= 15 is 0 Å². The summed E-state index contributed by atoms with van der Waals surface area (Å²) >= 11 is 0. The summed E-state index contributed by atoms with van der Waals surface area (Å²) in [5.41, 5.74) is 2.18. The number of fused-ring (bicyclic) bond motifs is 1. The molecule has 6 heteroatoms. The predicted octanol–water partition coefficient (Wildman–Crippen LogP) is 3.47. The Kier molecular flexibility index (Phi) is 4.34. The van der Waals surface area contributed by atoms with E-state index in [0.29, 0.717) is 29.9 Å². The van der Waals surface area contributed by atoms with Crippen LogP contribution >= 0.6 is 0 Å². The number of halogens is 2. The number of benzene rings is 2. The van der Waals surface area contributed by atoms with Crippen molar-refractivity contribution in [3.63, 3.8) is 0 Å². The summed E-state index contributed by atoms with van der Waals surface area (Å²) in [4.78, 5) is 16.3. The van der Waals surface area contributed by atoms with Gasteiger partial charge in [-0.05, 0) is 23.8 Å². The zero-order valence-corrected chi connectivity index (χ0v) is 13.9. The standard InChI is InChI=1S/C20H17F2N3O/c21-16-7-3-1-5-12(16)9-13-10-23-11-15-18(13)24-20(26)25-19(15)14-6-2-4-8-17(14)22/h1-9,15,19,23H,10-11H2,(H,25,26)/b13-9+. The lowest BCUT2D eigenvalue weighted by Crippen LogP contribution is -2.50. The number of hydrogen-bond donors (Lipinski definition) is 2. The van der Waals surface area contributed by atoms with Gasteiger partial charge in [0.05, 0.1) is 11.8 Å². The van der Waals surface area contributed by atoms with E-state index in [2.05, 4.69) is 15.6 Å². The van der Waals surface area contributed by atoms with Crippen LogP contribution in [0.15, 0.2) is 59.1 Å². The van der Waals surface area contributed by atoms with Crippen LogP contribution in [0.3, 0.4) is 0 Å². The monoisotopic (exact) mass is 353 g/mol. The second kappa shape index (κ2) is 6.80. The summed E-state index contributed by atoms with van der Waals surface area (Å²) in [6.45, 7) is 1.02. The highest BCUT2D eigenvalue weighted by molar-refractivity contribution is 6.12. The highest BCUT2D eigenvalue weighted by Crippen LogP contribution is 2.32. The maximum absolute atomic E-state index is 14.3. The number of piperidine rings is 1. The van der Waals surface area contributed by atoms with Gasteiger partial charge < -0.3 is 10.6 Å². The largest absolute Gasteiger partial charge is 0.341 e. The predicted molar refractivity (Wildman–Crippen MR) is 95.8 cm³/mol. The van der Waals surface area contributed by atoms with Gasteiger partial charge in [-0.3, -0.25) is 0 Å². The van der Waals surface area contributed by atoms with E-state index in [1.807, 2.05) is 0 Å². The number of rotatable bonds is 2. The van der Waals surface area contributed by atoms with Gasteiger partial charge in [0.15, 0.2) is 0 Å². The minimum atomic E-state index is -0.520. The van der Waals surface area contributed by atoms with Crippen LogP contribution in [-0.4, -0.2) is 24.8 Å². The topological polar surface area (TPSA) is 53.5 Å². The molecule has 2 amide bonds. The molecule has 0 aromatic heterocycles. The Hall–Kier alpha value is -2.86. The fraction of sp³-hybridized carbons (Fsp3) is 0.200. The van der Waals surface area contributed by atoms with E-state index in [1.54, 1.807) is 42.5 Å². The van der Waals surface area contributed by atoms with Gasteiger partial charge >= 0.3 is 6.03 Å². The van der Waals surface area contributed by atoms with E-state index in [-0.39, 0.29) is 17.6 Å². The lowest BCUT2D eigenvalue weighted by molar-refractivity contribution is 0.238. The minimum absolute atomic E-state index is 0.226. The van der Waals surface area contributed by atoms with Gasteiger partial charge in [-0.2, -0.15) is 4.99 Å². The zero-order chi connectivity index (χ0) is 18.1. The summed E-state index contributed by atoms with van der Waals surface area (Å²) in [6, 6.07) is 11.8. The van der Waals surface area contributed by atoms with Crippen molar-refractivity contribution >= 4 is 17.8 Å². The second-order valence-electron chi connectivity index (χ2n) is 6.37. The molecule has 4 rings (SSSR count). The van der Waals surface area contributed by atoms with Gasteiger partial charge in [-0.25, -0.2) is 13.6 Å². The maximum Gasteiger partial charge on any atom is 0.341 e. The Balaban J connectivity index is 1.75. The Morgan fingerprint density at radius 3 is 2.54 bits per heavy atom. The van der Waals surface area contributed by atoms with Gasteiger partial charge in [-0.15, -0.1) is 0 Å². The first kappa shape index (κ1) is 16.6. The fourth-order valence-electron chi connectivity index (χ4n) is 3.52. The van der Waals surface area contributed by atoms with Crippen molar-refractivity contribution in [2.75, 3.05) is 13.1 Å². The van der Waals surface area contributed by atoms with Crippen molar-refractivity contribution in [2.24, 2.45) is 10.9 Å². The first-order valence-corrected chi connectivity index (χ1v) is 8.43. The molecule has 0 spiro atoms. The van der Waals surface area contributed by atoms with Crippen molar-refractivity contribution < 1.29 is 13.6 Å². The molecule has 2 aromatic rings. The molecule has 0 saturated carbocycles. The Morgan fingerprint density at radius 1 is 1.04 bits per heavy atom. The number of amides is 2. The van der Waals surface area contributed by atoms with Gasteiger partial charge in [0.2, 0.25) is 0 Å².